The Balaban J connectivity index is 2.14. The first-order chi connectivity index (χ1) is 14.5. The lowest BCUT2D eigenvalue weighted by atomic mass is 10.0. The third-order valence-electron chi connectivity index (χ3n) is 4.91. The fourth-order valence-corrected chi connectivity index (χ4v) is 4.04. The lowest BCUT2D eigenvalue weighted by molar-refractivity contribution is -0.120. The number of nitrogens with one attached hydrogen (secondary N) is 1. The highest BCUT2D eigenvalue weighted by atomic mass is 32.2. The molecule has 1 aromatic carbocycles. The average Bonchev–Trinajstić information content (AvgIpc) is 2.75. The molecule has 1 amide bonds. The van der Waals surface area contributed by atoms with E-state index in [1.165, 1.54) is 29.2 Å². The third kappa shape index (κ3) is 6.99. The van der Waals surface area contributed by atoms with Gasteiger partial charge < -0.3 is 10.1 Å². The molecule has 7 heteroatoms. The minimum Gasteiger partial charge on any atom is -0.378 e. The SMILES string of the molecule is CCCCCCNC(=O)C(C)Sc1nc(COC)c(Cc2ccccc2)c(=O)n1C. The van der Waals surface area contributed by atoms with E-state index in [1.807, 2.05) is 37.3 Å². The van der Waals surface area contributed by atoms with Crippen LogP contribution in [0.4, 0.5) is 0 Å². The molecule has 1 N–H and O–H groups in total. The van der Waals surface area contributed by atoms with Crippen LogP contribution in [0.5, 0.6) is 0 Å². The molecule has 0 fully saturated rings. The van der Waals surface area contributed by atoms with E-state index in [1.54, 1.807) is 14.2 Å². The highest BCUT2D eigenvalue weighted by Crippen LogP contribution is 2.22. The number of methoxy groups -OCH3 is 1. The number of unbranched alkanes of at least 4 members (excludes halogenated alkanes) is 3. The molecule has 0 bridgehead atoms. The van der Waals surface area contributed by atoms with Crippen molar-refractivity contribution in [2.24, 2.45) is 7.05 Å². The van der Waals surface area contributed by atoms with Gasteiger partial charge >= 0.3 is 0 Å². The minimum absolute atomic E-state index is 0.0348. The van der Waals surface area contributed by atoms with Crippen LogP contribution < -0.4 is 10.9 Å². The Hall–Kier alpha value is -2.12. The molecule has 1 aromatic heterocycles. The molecule has 0 spiro atoms. The molecular weight excluding hydrogens is 398 g/mol. The van der Waals surface area contributed by atoms with E-state index >= 15 is 0 Å². The monoisotopic (exact) mass is 431 g/mol. The zero-order valence-corrected chi connectivity index (χ0v) is 19.3. The van der Waals surface area contributed by atoms with Crippen molar-refractivity contribution >= 4 is 17.7 Å². The Labute approximate surface area is 183 Å². The van der Waals surface area contributed by atoms with Crippen molar-refractivity contribution in [3.05, 3.63) is 57.5 Å². The van der Waals surface area contributed by atoms with E-state index in [0.717, 1.165) is 18.4 Å². The highest BCUT2D eigenvalue weighted by Gasteiger charge is 2.20. The summed E-state index contributed by atoms with van der Waals surface area (Å²) < 4.78 is 6.83. The molecule has 30 heavy (non-hydrogen) atoms. The molecule has 2 aromatic rings. The van der Waals surface area contributed by atoms with Gasteiger partial charge in [-0.2, -0.15) is 0 Å². The van der Waals surface area contributed by atoms with Gasteiger partial charge in [0.05, 0.1) is 17.6 Å². The van der Waals surface area contributed by atoms with Crippen LogP contribution in [0.2, 0.25) is 0 Å². The number of benzene rings is 1. The first kappa shape index (κ1) is 24.2. The van der Waals surface area contributed by atoms with Gasteiger partial charge in [-0.05, 0) is 18.9 Å². The first-order valence-electron chi connectivity index (χ1n) is 10.5. The van der Waals surface area contributed by atoms with Gasteiger partial charge in [-0.1, -0.05) is 68.3 Å². The smallest absolute Gasteiger partial charge is 0.257 e. The van der Waals surface area contributed by atoms with Crippen LogP contribution in [0, 0.1) is 0 Å². The summed E-state index contributed by atoms with van der Waals surface area (Å²) in [5.41, 5.74) is 2.20. The van der Waals surface area contributed by atoms with Crippen molar-refractivity contribution in [1.29, 1.82) is 0 Å². The van der Waals surface area contributed by atoms with Crippen molar-refractivity contribution < 1.29 is 9.53 Å². The van der Waals surface area contributed by atoms with Gasteiger partial charge in [0.25, 0.3) is 5.56 Å². The number of carbonyl (C=O) groups is 1. The summed E-state index contributed by atoms with van der Waals surface area (Å²) in [7, 11) is 3.30. The first-order valence-corrected chi connectivity index (χ1v) is 11.4. The van der Waals surface area contributed by atoms with E-state index in [2.05, 4.69) is 17.2 Å². The molecule has 0 aliphatic rings. The Morgan fingerprint density at radius 3 is 2.63 bits per heavy atom. The topological polar surface area (TPSA) is 73.2 Å². The van der Waals surface area contributed by atoms with Gasteiger partial charge in [0.2, 0.25) is 5.91 Å². The molecule has 0 saturated carbocycles. The second-order valence-corrected chi connectivity index (χ2v) is 8.70. The number of rotatable bonds is 12. The van der Waals surface area contributed by atoms with Crippen molar-refractivity contribution in [2.75, 3.05) is 13.7 Å². The van der Waals surface area contributed by atoms with Crippen molar-refractivity contribution in [2.45, 2.75) is 63.0 Å². The van der Waals surface area contributed by atoms with Gasteiger partial charge in [-0.15, -0.1) is 0 Å². The van der Waals surface area contributed by atoms with Crippen LogP contribution in [0.3, 0.4) is 0 Å². The molecule has 0 saturated heterocycles. The number of nitrogens with zero attached hydrogens (tertiary/aromatic N) is 2. The van der Waals surface area contributed by atoms with E-state index in [0.29, 0.717) is 29.4 Å². The quantitative estimate of drug-likeness (QED) is 0.315. The molecule has 0 aliphatic heterocycles. The summed E-state index contributed by atoms with van der Waals surface area (Å²) in [4.78, 5) is 30.2. The Bertz CT molecular complexity index is 868. The summed E-state index contributed by atoms with van der Waals surface area (Å²) in [6.45, 7) is 4.94. The maximum absolute atomic E-state index is 13.1. The van der Waals surface area contributed by atoms with Gasteiger partial charge in [0.15, 0.2) is 5.16 Å². The minimum atomic E-state index is -0.343. The summed E-state index contributed by atoms with van der Waals surface area (Å²) >= 11 is 1.30. The zero-order valence-electron chi connectivity index (χ0n) is 18.4. The summed E-state index contributed by atoms with van der Waals surface area (Å²) in [5.74, 6) is -0.0348. The molecule has 0 radical (unpaired) electrons. The number of aromatic nitrogens is 2. The molecule has 164 valence electrons. The van der Waals surface area contributed by atoms with Crippen LogP contribution >= 0.6 is 11.8 Å². The molecule has 1 heterocycles. The van der Waals surface area contributed by atoms with Crippen LogP contribution in [0.15, 0.2) is 40.3 Å². The third-order valence-corrected chi connectivity index (χ3v) is 6.06. The Kier molecular flexibility index (Phi) is 10.1. The van der Waals surface area contributed by atoms with Crippen molar-refractivity contribution in [3.8, 4) is 0 Å². The van der Waals surface area contributed by atoms with Crippen LogP contribution in [-0.2, 0) is 29.6 Å². The fraction of sp³-hybridized carbons (Fsp3) is 0.522. The fourth-order valence-electron chi connectivity index (χ4n) is 3.13. The summed E-state index contributed by atoms with van der Waals surface area (Å²) in [5, 5.41) is 3.16. The zero-order chi connectivity index (χ0) is 21.9. The van der Waals surface area contributed by atoms with E-state index in [-0.39, 0.29) is 23.3 Å². The molecular formula is C23H33N3O3S. The summed E-state index contributed by atoms with van der Waals surface area (Å²) in [6, 6.07) is 9.84. The molecule has 1 unspecified atom stereocenters. The molecule has 2 rings (SSSR count). The summed E-state index contributed by atoms with van der Waals surface area (Å²) in [6.07, 6.45) is 4.96. The maximum atomic E-state index is 13.1. The van der Waals surface area contributed by atoms with Crippen molar-refractivity contribution in [3.63, 3.8) is 0 Å². The number of amides is 1. The molecule has 0 aliphatic carbocycles. The van der Waals surface area contributed by atoms with Gasteiger partial charge in [0, 0.05) is 32.7 Å². The number of carbonyl (C=O) groups excluding carboxylic acids is 1. The van der Waals surface area contributed by atoms with Crippen LogP contribution in [0.1, 0.15) is 56.4 Å². The van der Waals surface area contributed by atoms with E-state index in [9.17, 15) is 9.59 Å². The normalized spacial score (nSPS) is 12.0. The number of hydrogen-bond donors (Lipinski definition) is 1. The average molecular weight is 432 g/mol. The highest BCUT2D eigenvalue weighted by molar-refractivity contribution is 8.00. The van der Waals surface area contributed by atoms with Crippen LogP contribution in [0.25, 0.3) is 0 Å². The van der Waals surface area contributed by atoms with Crippen molar-refractivity contribution in [1.82, 2.24) is 14.9 Å². The molecule has 1 atom stereocenters. The maximum Gasteiger partial charge on any atom is 0.257 e. The van der Waals surface area contributed by atoms with E-state index < -0.39 is 0 Å². The number of hydrogen-bond acceptors (Lipinski definition) is 5. The number of ether oxygens (including phenoxy) is 1. The lowest BCUT2D eigenvalue weighted by Gasteiger charge is -2.16. The Morgan fingerprint density at radius 1 is 1.23 bits per heavy atom. The predicted octanol–water partition coefficient (Wildman–Crippen LogP) is 3.69. The standard InChI is InChI=1S/C23H33N3O3S/c1-5-6-7-11-14-24-21(27)17(2)30-23-25-20(16-29-4)19(22(28)26(23)3)15-18-12-9-8-10-13-18/h8-10,12-13,17H,5-7,11,14-16H2,1-4H3,(H,24,27). The second kappa shape index (κ2) is 12.5. The Morgan fingerprint density at radius 2 is 1.97 bits per heavy atom. The van der Waals surface area contributed by atoms with Gasteiger partial charge in [-0.25, -0.2) is 4.98 Å². The van der Waals surface area contributed by atoms with Crippen LogP contribution in [-0.4, -0.2) is 34.4 Å². The van der Waals surface area contributed by atoms with Gasteiger partial charge in [-0.3, -0.25) is 14.2 Å². The predicted molar refractivity (Wildman–Crippen MR) is 122 cm³/mol. The number of thioether (sulfide) groups is 1. The largest absolute Gasteiger partial charge is 0.378 e. The molecule has 6 nitrogen and oxygen atoms in total. The van der Waals surface area contributed by atoms with E-state index in [4.69, 9.17) is 4.74 Å². The lowest BCUT2D eigenvalue weighted by Crippen LogP contribution is -2.33. The second-order valence-electron chi connectivity index (χ2n) is 7.39. The van der Waals surface area contributed by atoms with Gasteiger partial charge in [0.1, 0.15) is 0 Å².